The molecule has 0 aliphatic carbocycles. The molecule has 0 bridgehead atoms. The van der Waals surface area contributed by atoms with Gasteiger partial charge in [0.2, 0.25) is 0 Å². The molecule has 0 saturated heterocycles. The molecule has 0 fully saturated rings. The van der Waals surface area contributed by atoms with Crippen LogP contribution in [0.4, 0.5) is 0 Å². The number of carbonyl (C=O) groups excluding carboxylic acids is 1. The lowest BCUT2D eigenvalue weighted by atomic mass is 11.9. The molecule has 1 radical (unpaired) electrons. The van der Waals surface area contributed by atoms with Gasteiger partial charge in [0.05, 0.1) is 0 Å². The van der Waals surface area contributed by atoms with Gasteiger partial charge in [-0.1, -0.05) is 7.43 Å². The van der Waals surface area contributed by atoms with Crippen LogP contribution in [0.2, 0.25) is 0 Å². The van der Waals surface area contributed by atoms with Gasteiger partial charge in [-0.2, -0.15) is 4.21 Å². The molecule has 0 aliphatic heterocycles. The summed E-state index contributed by atoms with van der Waals surface area (Å²) in [6, 6.07) is 0. The molecule has 0 amide bonds. The van der Waals surface area contributed by atoms with Gasteiger partial charge in [0.1, 0.15) is 0 Å². The summed E-state index contributed by atoms with van der Waals surface area (Å²) in [6.45, 7) is 3.25. The van der Waals surface area contributed by atoms with Crippen molar-refractivity contribution in [3.05, 3.63) is 0 Å². The van der Waals surface area contributed by atoms with Gasteiger partial charge in [-0.05, 0) is 0 Å². The molecule has 0 unspecified atom stereocenters. The van der Waals surface area contributed by atoms with Gasteiger partial charge >= 0.3 is 0 Å². The number of rotatable bonds is 0. The van der Waals surface area contributed by atoms with Crippen LogP contribution in [0.15, 0.2) is 0 Å². The summed E-state index contributed by atoms with van der Waals surface area (Å²) in [7, 11) is 0. The van der Waals surface area contributed by atoms with Gasteiger partial charge in [0, 0.05) is 0 Å². The first kappa shape index (κ1) is 22.4. The van der Waals surface area contributed by atoms with Crippen molar-refractivity contribution in [1.82, 2.24) is 0 Å². The van der Waals surface area contributed by atoms with Gasteiger partial charge in [-0.15, -0.1) is 0 Å². The summed E-state index contributed by atoms with van der Waals surface area (Å²) >= 11 is 2.83. The second-order valence-electron chi connectivity index (χ2n) is 0. The molecule has 0 spiro atoms. The predicted octanol–water partition coefficient (Wildman–Crippen LogP) is 0.0257. The first-order valence-corrected chi connectivity index (χ1v) is 0.736. The largest absolute Gasteiger partial charge is 0.295 e. The van der Waals surface area contributed by atoms with Crippen molar-refractivity contribution in [3.8, 4) is 0 Å². The molecule has 0 aromatic rings. The summed E-state index contributed by atoms with van der Waals surface area (Å²) in [4.78, 5) is 7.75. The third kappa shape index (κ3) is 110. The Morgan fingerprint density at radius 2 is 1.20 bits per heavy atom. The highest BCUT2D eigenvalue weighted by Gasteiger charge is 0.734. The maximum absolute atomic E-state index is 7.83. The highest BCUT2D eigenvalue weighted by Crippen LogP contribution is 0.558. The number of hydrogen-bond donors (Lipinski definition) is 0. The molecule has 31 valence electrons. The van der Waals surface area contributed by atoms with E-state index in [2.05, 4.69) is 19.3 Å². The highest BCUT2D eigenvalue weighted by atomic mass is 32.1. The zero-order valence-electron chi connectivity index (χ0n) is 1.80. The van der Waals surface area contributed by atoms with E-state index in [0.717, 1.165) is 0 Å². The Balaban J connectivity index is -0.0000000133. The fourth-order valence-electron chi connectivity index (χ4n) is 0. The Bertz CT molecular complexity index is 9.61. The molecule has 0 N–H and O–H groups in total. The van der Waals surface area contributed by atoms with Gasteiger partial charge in [0.25, 0.3) is 0 Å². The first-order chi connectivity index (χ1) is 2.00. The molecule has 0 heterocycles. The van der Waals surface area contributed by atoms with E-state index in [1.54, 1.807) is 0 Å². The third-order valence-corrected chi connectivity index (χ3v) is 0. The van der Waals surface area contributed by atoms with E-state index in [1.807, 2.05) is 0 Å². The summed E-state index contributed by atoms with van der Waals surface area (Å²) in [6.07, 6.45) is 0. The van der Waals surface area contributed by atoms with Crippen molar-refractivity contribution in [2.75, 3.05) is 0 Å². The minimum atomic E-state index is 0. The Morgan fingerprint density at radius 3 is 1.20 bits per heavy atom. The second kappa shape index (κ2) is 278. The Morgan fingerprint density at radius 1 is 1.20 bits per heavy atom. The zero-order valence-corrected chi connectivity index (χ0v) is 2.62. The van der Waals surface area contributed by atoms with E-state index in [9.17, 15) is 0 Å². The van der Waals surface area contributed by atoms with E-state index >= 15 is 0 Å². The van der Waals surface area contributed by atoms with Gasteiger partial charge in [-0.25, -0.2) is 0 Å². The molecule has 0 atom stereocenters. The number of hydrogen-bond acceptors (Lipinski definition) is 3. The minimum Gasteiger partial charge on any atom is -0.295 e. The fraction of sp³-hybridized carbons (Fsp3) is 0.500. The van der Waals surface area contributed by atoms with Crippen molar-refractivity contribution in [2.24, 2.45) is 0 Å². The topological polar surface area (TPSA) is 34.1 Å². The summed E-state index contributed by atoms with van der Waals surface area (Å²) in [5.74, 6) is 0. The Hall–Kier alpha value is -0.310. The van der Waals surface area contributed by atoms with E-state index in [0.29, 0.717) is 0 Å². The maximum Gasteiger partial charge on any atom is 0.197 e. The van der Waals surface area contributed by atoms with Crippen molar-refractivity contribution in [2.45, 2.75) is 7.43 Å². The molecule has 2 nitrogen and oxygen atoms in total. The lowest BCUT2D eigenvalue weighted by Crippen LogP contribution is -0.910. The van der Waals surface area contributed by atoms with Gasteiger partial charge in [0.15, 0.2) is 19.3 Å². The molecule has 0 aromatic carbocycles. The maximum atomic E-state index is 7.83. The van der Waals surface area contributed by atoms with Crippen LogP contribution in [0.5, 0.6) is 0 Å². The zero-order chi connectivity index (χ0) is 4.00. The minimum absolute atomic E-state index is 0. The normalized spacial score (nSPS) is 1.60. The van der Waals surface area contributed by atoms with Crippen molar-refractivity contribution >= 4 is 19.3 Å². The van der Waals surface area contributed by atoms with Gasteiger partial charge < -0.3 is 0 Å². The lowest BCUT2D eigenvalue weighted by Gasteiger charge is -0.803. The van der Waals surface area contributed by atoms with Crippen molar-refractivity contribution < 1.29 is 9.00 Å². The lowest BCUT2D eigenvalue weighted by molar-refractivity contribution is 0.574. The predicted molar refractivity (Wildman–Crippen MR) is 21.6 cm³/mol. The van der Waals surface area contributed by atoms with Crippen LogP contribution < -0.4 is 0 Å². The van der Waals surface area contributed by atoms with E-state index in [-0.39, 0.29) is 7.43 Å². The molecule has 0 saturated carbocycles. The van der Waals surface area contributed by atoms with Gasteiger partial charge in [-0.3, -0.25) is 4.79 Å². The second-order valence-corrected chi connectivity index (χ2v) is 0. The standard InChI is InChI=1S/CHO.CH4.OS/c1-2;;1-2/h1H;1H4;. The van der Waals surface area contributed by atoms with Crippen molar-refractivity contribution in [3.63, 3.8) is 0 Å². The van der Waals surface area contributed by atoms with Crippen LogP contribution >= 0.6 is 0 Å². The molecular weight excluding hydrogens is 88.1 g/mol. The Labute approximate surface area is 36.7 Å². The summed E-state index contributed by atoms with van der Waals surface area (Å²) in [5.41, 5.74) is 0. The molecule has 5 heavy (non-hydrogen) atoms. The van der Waals surface area contributed by atoms with Crippen LogP contribution in [0.1, 0.15) is 7.43 Å². The Kier molecular flexibility index (Phi) is 1240. The quantitative estimate of drug-likeness (QED) is 0.396. The summed E-state index contributed by atoms with van der Waals surface area (Å²) < 4.78 is 7.83. The van der Waals surface area contributed by atoms with Crippen LogP contribution in [-0.2, 0) is 17.3 Å². The summed E-state index contributed by atoms with van der Waals surface area (Å²) in [5, 5.41) is 0. The SMILES string of the molecule is C.O=S.[CH]=O. The van der Waals surface area contributed by atoms with E-state index in [1.165, 1.54) is 0 Å². The van der Waals surface area contributed by atoms with Crippen LogP contribution in [-0.4, -0.2) is 11.0 Å². The molecule has 0 aromatic heterocycles. The molecular formula is C2H5O2S. The average Bonchev–Trinajstić information content (AvgIpc) is 1.50. The van der Waals surface area contributed by atoms with Crippen LogP contribution in [0.3, 0.4) is 0 Å². The van der Waals surface area contributed by atoms with E-state index in [4.69, 9.17) is 9.00 Å². The molecule has 0 aliphatic rings. The monoisotopic (exact) mass is 93.0 g/mol. The van der Waals surface area contributed by atoms with Crippen molar-refractivity contribution in [1.29, 1.82) is 0 Å². The fourth-order valence-corrected chi connectivity index (χ4v) is 0. The molecule has 3 heteroatoms. The smallest absolute Gasteiger partial charge is 0.197 e. The molecule has 0 rings (SSSR count). The van der Waals surface area contributed by atoms with E-state index < -0.39 is 0 Å². The first-order valence-electron chi connectivity index (χ1n) is 0.402. The van der Waals surface area contributed by atoms with Crippen LogP contribution in [0, 0.1) is 0 Å². The third-order valence-electron chi connectivity index (χ3n) is 0. The average molecular weight is 93.1 g/mol. The van der Waals surface area contributed by atoms with Crippen LogP contribution in [0.25, 0.3) is 0 Å². The highest BCUT2D eigenvalue weighted by molar-refractivity contribution is 7.44.